The van der Waals surface area contributed by atoms with Gasteiger partial charge in [0.25, 0.3) is 0 Å². The zero-order valence-corrected chi connectivity index (χ0v) is 16.7. The van der Waals surface area contributed by atoms with Gasteiger partial charge in [-0.1, -0.05) is 19.0 Å². The fourth-order valence-electron chi connectivity index (χ4n) is 2.98. The molecule has 0 aliphatic heterocycles. The van der Waals surface area contributed by atoms with E-state index in [4.69, 9.17) is 9.26 Å². The molecule has 27 heavy (non-hydrogen) atoms. The largest absolute Gasteiger partial charge is 0.454 e. The molecule has 0 aliphatic rings. The highest BCUT2D eigenvalue weighted by molar-refractivity contribution is 7.12. The molecule has 0 saturated heterocycles. The molecule has 3 heterocycles. The number of aromatic nitrogens is 3. The average Bonchev–Trinajstić information content (AvgIpc) is 3.32. The van der Waals surface area contributed by atoms with E-state index in [0.717, 1.165) is 16.5 Å². The predicted molar refractivity (Wildman–Crippen MR) is 101 cm³/mol. The number of hydrogen-bond acceptors (Lipinski definition) is 7. The van der Waals surface area contributed by atoms with E-state index in [0.29, 0.717) is 22.6 Å². The second-order valence-corrected chi connectivity index (χ2v) is 7.47. The summed E-state index contributed by atoms with van der Waals surface area (Å²) in [5.41, 5.74) is 2.94. The van der Waals surface area contributed by atoms with Gasteiger partial charge in [0.05, 0.1) is 5.69 Å². The molecular weight excluding hydrogens is 366 g/mol. The number of thiazole rings is 1. The molecule has 3 rings (SSSR count). The predicted octanol–water partition coefficient (Wildman–Crippen LogP) is 4.01. The van der Waals surface area contributed by atoms with E-state index in [2.05, 4.69) is 10.1 Å². The second-order valence-electron chi connectivity index (χ2n) is 6.60. The molecule has 3 aromatic heterocycles. The lowest BCUT2D eigenvalue weighted by atomic mass is 10.1. The lowest BCUT2D eigenvalue weighted by Crippen LogP contribution is -2.16. The van der Waals surface area contributed by atoms with Gasteiger partial charge in [0.2, 0.25) is 5.78 Å². The number of nitrogens with zero attached hydrogens (tertiary/aromatic N) is 3. The molecule has 0 N–H and O–H groups in total. The van der Waals surface area contributed by atoms with Crippen LogP contribution in [0.2, 0.25) is 0 Å². The number of hydrogen-bond donors (Lipinski definition) is 0. The number of rotatable bonds is 6. The summed E-state index contributed by atoms with van der Waals surface area (Å²) < 4.78 is 12.4. The Hall–Kier alpha value is -2.74. The number of esters is 1. The third-order valence-electron chi connectivity index (χ3n) is 4.29. The van der Waals surface area contributed by atoms with E-state index in [1.165, 1.54) is 11.3 Å². The molecule has 142 valence electrons. The maximum Gasteiger partial charge on any atom is 0.344 e. The molecular formula is C19H21N3O4S. The SMILES string of the molecule is Cc1noc(C(C)C)c1C(=O)OCC(=O)c1cc(C)n(-c2nccs2)c1C. The lowest BCUT2D eigenvalue weighted by molar-refractivity contribution is 0.0471. The molecule has 0 atom stereocenters. The van der Waals surface area contributed by atoms with Gasteiger partial charge in [-0.25, -0.2) is 9.78 Å². The third-order valence-corrected chi connectivity index (χ3v) is 5.05. The molecule has 0 bridgehead atoms. The van der Waals surface area contributed by atoms with Crippen LogP contribution in [-0.2, 0) is 4.74 Å². The van der Waals surface area contributed by atoms with Crippen LogP contribution in [-0.4, -0.2) is 33.1 Å². The fourth-order valence-corrected chi connectivity index (χ4v) is 3.73. The summed E-state index contributed by atoms with van der Waals surface area (Å²) in [7, 11) is 0. The smallest absolute Gasteiger partial charge is 0.344 e. The first-order valence-corrected chi connectivity index (χ1v) is 9.44. The van der Waals surface area contributed by atoms with Crippen molar-refractivity contribution in [1.82, 2.24) is 14.7 Å². The van der Waals surface area contributed by atoms with Gasteiger partial charge in [0, 0.05) is 34.4 Å². The van der Waals surface area contributed by atoms with Gasteiger partial charge < -0.3 is 9.26 Å². The van der Waals surface area contributed by atoms with Crippen molar-refractivity contribution in [3.05, 3.63) is 51.6 Å². The Morgan fingerprint density at radius 3 is 2.67 bits per heavy atom. The Labute approximate surface area is 161 Å². The molecule has 0 aliphatic carbocycles. The van der Waals surface area contributed by atoms with Gasteiger partial charge in [-0.15, -0.1) is 11.3 Å². The summed E-state index contributed by atoms with van der Waals surface area (Å²) in [6, 6.07) is 1.79. The maximum absolute atomic E-state index is 12.6. The Morgan fingerprint density at radius 2 is 2.04 bits per heavy atom. The monoisotopic (exact) mass is 387 g/mol. The topological polar surface area (TPSA) is 87.2 Å². The highest BCUT2D eigenvalue weighted by Crippen LogP contribution is 2.24. The van der Waals surface area contributed by atoms with Crippen molar-refractivity contribution < 1.29 is 18.8 Å². The first-order valence-electron chi connectivity index (χ1n) is 8.56. The van der Waals surface area contributed by atoms with Crippen molar-refractivity contribution in [1.29, 1.82) is 0 Å². The van der Waals surface area contributed by atoms with Crippen molar-refractivity contribution in [3.8, 4) is 5.13 Å². The van der Waals surface area contributed by atoms with Crippen molar-refractivity contribution in [2.24, 2.45) is 0 Å². The summed E-state index contributed by atoms with van der Waals surface area (Å²) in [6.45, 7) is 8.89. The van der Waals surface area contributed by atoms with Crippen LogP contribution in [0.15, 0.2) is 22.2 Å². The number of ketones is 1. The molecule has 0 unspecified atom stereocenters. The number of carbonyl (C=O) groups is 2. The normalized spacial score (nSPS) is 11.2. The highest BCUT2D eigenvalue weighted by Gasteiger charge is 2.25. The third kappa shape index (κ3) is 3.57. The fraction of sp³-hybridized carbons (Fsp3) is 0.368. The van der Waals surface area contributed by atoms with Gasteiger partial charge in [-0.05, 0) is 26.8 Å². The molecule has 8 heteroatoms. The van der Waals surface area contributed by atoms with Crippen LogP contribution in [0.5, 0.6) is 0 Å². The van der Waals surface area contributed by atoms with Gasteiger partial charge in [0.1, 0.15) is 5.56 Å². The molecule has 7 nitrogen and oxygen atoms in total. The van der Waals surface area contributed by atoms with E-state index in [-0.39, 0.29) is 18.3 Å². The van der Waals surface area contributed by atoms with Crippen LogP contribution in [0.4, 0.5) is 0 Å². The van der Waals surface area contributed by atoms with E-state index >= 15 is 0 Å². The van der Waals surface area contributed by atoms with Crippen LogP contribution in [0.1, 0.15) is 63.3 Å². The zero-order chi connectivity index (χ0) is 19.7. The number of aryl methyl sites for hydroxylation is 2. The maximum atomic E-state index is 12.6. The Balaban J connectivity index is 1.77. The average molecular weight is 387 g/mol. The van der Waals surface area contributed by atoms with Crippen LogP contribution in [0, 0.1) is 20.8 Å². The number of ether oxygens (including phenoxy) is 1. The highest BCUT2D eigenvalue weighted by atomic mass is 32.1. The van der Waals surface area contributed by atoms with E-state index in [9.17, 15) is 9.59 Å². The quantitative estimate of drug-likeness (QED) is 0.469. The number of carbonyl (C=O) groups excluding carboxylic acids is 2. The summed E-state index contributed by atoms with van der Waals surface area (Å²) in [5.74, 6) is -0.410. The first kappa shape index (κ1) is 19.0. The second kappa shape index (κ2) is 7.48. The van der Waals surface area contributed by atoms with Crippen LogP contribution >= 0.6 is 11.3 Å². The summed E-state index contributed by atoms with van der Waals surface area (Å²) in [6.07, 6.45) is 1.72. The molecule has 0 fully saturated rings. The lowest BCUT2D eigenvalue weighted by Gasteiger charge is -2.07. The minimum atomic E-state index is -0.598. The first-order chi connectivity index (χ1) is 12.8. The number of Topliss-reactive ketones (excluding diaryl/α,β-unsaturated/α-hetero) is 1. The van der Waals surface area contributed by atoms with Gasteiger partial charge in [-0.2, -0.15) is 0 Å². The molecule has 0 radical (unpaired) electrons. The zero-order valence-electron chi connectivity index (χ0n) is 15.9. The van der Waals surface area contributed by atoms with E-state index in [1.807, 2.05) is 37.6 Å². The Bertz CT molecular complexity index is 983. The van der Waals surface area contributed by atoms with Gasteiger partial charge in [-0.3, -0.25) is 9.36 Å². The van der Waals surface area contributed by atoms with Gasteiger partial charge >= 0.3 is 5.97 Å². The summed E-state index contributed by atoms with van der Waals surface area (Å²) in [5, 5.41) is 6.51. The Kier molecular flexibility index (Phi) is 5.27. The van der Waals surface area contributed by atoms with E-state index in [1.54, 1.807) is 19.2 Å². The van der Waals surface area contributed by atoms with Crippen LogP contribution < -0.4 is 0 Å². The van der Waals surface area contributed by atoms with Gasteiger partial charge in [0.15, 0.2) is 17.5 Å². The van der Waals surface area contributed by atoms with Crippen molar-refractivity contribution in [2.75, 3.05) is 6.61 Å². The molecule has 3 aromatic rings. The molecule has 0 saturated carbocycles. The summed E-state index contributed by atoms with van der Waals surface area (Å²) in [4.78, 5) is 29.4. The van der Waals surface area contributed by atoms with E-state index < -0.39 is 5.97 Å². The van der Waals surface area contributed by atoms with Crippen molar-refractivity contribution in [3.63, 3.8) is 0 Å². The van der Waals surface area contributed by atoms with Crippen molar-refractivity contribution in [2.45, 2.75) is 40.5 Å². The molecule has 0 amide bonds. The molecule has 0 spiro atoms. The minimum absolute atomic E-state index is 0.0123. The van der Waals surface area contributed by atoms with Crippen molar-refractivity contribution >= 4 is 23.1 Å². The Morgan fingerprint density at radius 1 is 1.30 bits per heavy atom. The minimum Gasteiger partial charge on any atom is -0.454 e. The van der Waals surface area contributed by atoms with Crippen LogP contribution in [0.25, 0.3) is 5.13 Å². The van der Waals surface area contributed by atoms with Crippen LogP contribution in [0.3, 0.4) is 0 Å². The summed E-state index contributed by atoms with van der Waals surface area (Å²) >= 11 is 1.49. The molecule has 0 aromatic carbocycles. The standard InChI is InChI=1S/C19H21N3O4S/c1-10(2)17-16(12(4)21-26-17)18(24)25-9-15(23)14-8-11(3)22(13(14)5)19-20-6-7-27-19/h6-8,10H,9H2,1-5H3.